The van der Waals surface area contributed by atoms with Crippen molar-refractivity contribution in [2.45, 2.75) is 19.9 Å². The van der Waals surface area contributed by atoms with Crippen LogP contribution in [0.5, 0.6) is 0 Å². The summed E-state index contributed by atoms with van der Waals surface area (Å²) >= 11 is 5.69. The molecule has 0 spiro atoms. The third-order valence-corrected chi connectivity index (χ3v) is 4.19. The van der Waals surface area contributed by atoms with Gasteiger partial charge in [-0.15, -0.1) is 0 Å². The van der Waals surface area contributed by atoms with Crippen molar-refractivity contribution >= 4 is 40.3 Å². The lowest BCUT2D eigenvalue weighted by Crippen LogP contribution is -2.34. The number of benzene rings is 1. The van der Waals surface area contributed by atoms with E-state index in [1.165, 1.54) is 4.90 Å². The van der Waals surface area contributed by atoms with Crippen molar-refractivity contribution in [2.24, 2.45) is 0 Å². The molecule has 22 heavy (non-hydrogen) atoms. The minimum atomic E-state index is -2.25. The quantitative estimate of drug-likeness (QED) is 0.264. The van der Waals surface area contributed by atoms with Gasteiger partial charge < -0.3 is 0 Å². The summed E-state index contributed by atoms with van der Waals surface area (Å²) in [6, 6.07) is -0.296. The van der Waals surface area contributed by atoms with Crippen LogP contribution < -0.4 is 0 Å². The third-order valence-electron chi connectivity index (χ3n) is 2.86. The summed E-state index contributed by atoms with van der Waals surface area (Å²) in [5.74, 6) is -11.0. The second-order valence-corrected chi connectivity index (χ2v) is 6.30. The number of rotatable bonds is 2. The number of amides is 1. The average molecular weight is 353 g/mol. The predicted molar refractivity (Wildman–Crippen MR) is 76.4 cm³/mol. The zero-order valence-electron chi connectivity index (χ0n) is 11.2. The molecule has 0 N–H and O–H groups in total. The average Bonchev–Trinajstić information content (AvgIpc) is 2.73. The van der Waals surface area contributed by atoms with E-state index in [0.717, 1.165) is 11.8 Å². The molecule has 1 heterocycles. The highest BCUT2D eigenvalue weighted by molar-refractivity contribution is 8.26. The predicted octanol–water partition coefficient (Wildman–Crippen LogP) is 3.99. The zero-order valence-corrected chi connectivity index (χ0v) is 12.8. The van der Waals surface area contributed by atoms with E-state index in [9.17, 15) is 26.7 Å². The largest absolute Gasteiger partial charge is 0.290 e. The number of carbonyl (C=O) groups excluding carboxylic acids is 1. The van der Waals surface area contributed by atoms with E-state index in [0.29, 0.717) is 6.08 Å². The number of hydrogen-bond acceptors (Lipinski definition) is 3. The van der Waals surface area contributed by atoms with Crippen molar-refractivity contribution in [3.63, 3.8) is 0 Å². The Balaban J connectivity index is 2.56. The molecule has 1 aromatic carbocycles. The van der Waals surface area contributed by atoms with Crippen molar-refractivity contribution in [1.29, 1.82) is 0 Å². The van der Waals surface area contributed by atoms with Gasteiger partial charge in [-0.3, -0.25) is 9.69 Å². The minimum absolute atomic E-state index is 0.148. The fourth-order valence-electron chi connectivity index (χ4n) is 1.80. The van der Waals surface area contributed by atoms with Crippen molar-refractivity contribution in [1.82, 2.24) is 4.90 Å². The number of thiocarbonyl (C=S) groups is 1. The second-order valence-electron chi connectivity index (χ2n) is 4.63. The Hall–Kier alpha value is -1.48. The normalized spacial score (nSPS) is 17.3. The zero-order chi connectivity index (χ0) is 16.8. The van der Waals surface area contributed by atoms with Crippen molar-refractivity contribution in [2.75, 3.05) is 0 Å². The van der Waals surface area contributed by atoms with Crippen LogP contribution in [0.2, 0.25) is 0 Å². The Morgan fingerprint density at radius 1 is 1.00 bits per heavy atom. The van der Waals surface area contributed by atoms with Gasteiger partial charge in [-0.05, 0) is 19.9 Å². The van der Waals surface area contributed by atoms with Crippen LogP contribution in [0.15, 0.2) is 4.91 Å². The fourth-order valence-corrected chi connectivity index (χ4v) is 3.31. The summed E-state index contributed by atoms with van der Waals surface area (Å²) < 4.78 is 66.6. The standard InChI is InChI=1S/C13H8F5NOS2/c1-4(2)19-12(20)6(22-13(19)21)3-5-7(14)9(16)11(18)10(17)8(5)15/h3-4H,1-2H3. The lowest BCUT2D eigenvalue weighted by atomic mass is 10.1. The molecule has 1 aromatic rings. The van der Waals surface area contributed by atoms with Crippen LogP contribution in [0.4, 0.5) is 22.0 Å². The van der Waals surface area contributed by atoms with E-state index in [4.69, 9.17) is 12.2 Å². The van der Waals surface area contributed by atoms with Crippen LogP contribution in [0.3, 0.4) is 0 Å². The number of carbonyl (C=O) groups is 1. The van der Waals surface area contributed by atoms with Crippen molar-refractivity contribution < 1.29 is 26.7 Å². The molecule has 0 saturated carbocycles. The smallest absolute Gasteiger partial charge is 0.266 e. The summed E-state index contributed by atoms with van der Waals surface area (Å²) in [6.45, 7) is 3.35. The minimum Gasteiger partial charge on any atom is -0.290 e. The Morgan fingerprint density at radius 2 is 1.45 bits per heavy atom. The lowest BCUT2D eigenvalue weighted by Gasteiger charge is -2.18. The van der Waals surface area contributed by atoms with E-state index in [1.807, 2.05) is 0 Å². The van der Waals surface area contributed by atoms with Crippen LogP contribution >= 0.6 is 24.0 Å². The van der Waals surface area contributed by atoms with Crippen LogP contribution in [0, 0.1) is 29.1 Å². The molecule has 0 atom stereocenters. The first-order chi connectivity index (χ1) is 10.2. The number of hydrogen-bond donors (Lipinski definition) is 0. The summed E-state index contributed by atoms with van der Waals surface area (Å²) in [5, 5.41) is 0. The van der Waals surface area contributed by atoms with Gasteiger partial charge in [0.15, 0.2) is 23.3 Å². The highest BCUT2D eigenvalue weighted by atomic mass is 32.2. The molecule has 2 nitrogen and oxygen atoms in total. The Bertz CT molecular complexity index is 688. The molecular weight excluding hydrogens is 345 g/mol. The molecule has 1 fully saturated rings. The van der Waals surface area contributed by atoms with E-state index in [-0.39, 0.29) is 15.3 Å². The molecule has 0 unspecified atom stereocenters. The fraction of sp³-hybridized carbons (Fsp3) is 0.231. The molecule has 0 aromatic heterocycles. The molecule has 1 saturated heterocycles. The molecule has 2 rings (SSSR count). The maximum Gasteiger partial charge on any atom is 0.266 e. The molecule has 1 aliphatic heterocycles. The molecule has 9 heteroatoms. The van der Waals surface area contributed by atoms with Gasteiger partial charge in [0.2, 0.25) is 5.82 Å². The van der Waals surface area contributed by atoms with Crippen LogP contribution in [-0.2, 0) is 4.79 Å². The van der Waals surface area contributed by atoms with Gasteiger partial charge in [-0.1, -0.05) is 24.0 Å². The number of thioether (sulfide) groups is 1. The molecule has 1 aliphatic rings. The first-order valence-electron chi connectivity index (χ1n) is 5.95. The van der Waals surface area contributed by atoms with Gasteiger partial charge >= 0.3 is 0 Å². The lowest BCUT2D eigenvalue weighted by molar-refractivity contribution is -0.123. The highest BCUT2D eigenvalue weighted by Crippen LogP contribution is 2.35. The Labute approximate surface area is 132 Å². The molecular formula is C13H8F5NOS2. The molecule has 0 bridgehead atoms. The van der Waals surface area contributed by atoms with E-state index in [2.05, 4.69) is 0 Å². The molecule has 118 valence electrons. The van der Waals surface area contributed by atoms with E-state index < -0.39 is 40.6 Å². The van der Waals surface area contributed by atoms with Gasteiger partial charge in [-0.25, -0.2) is 22.0 Å². The van der Waals surface area contributed by atoms with Crippen LogP contribution in [0.1, 0.15) is 19.4 Å². The first kappa shape index (κ1) is 16.9. The van der Waals surface area contributed by atoms with Gasteiger partial charge in [0, 0.05) is 6.04 Å². The SMILES string of the molecule is CC(C)N1C(=O)C(=Cc2c(F)c(F)c(F)c(F)c2F)SC1=S. The summed E-state index contributed by atoms with van der Waals surface area (Å²) in [7, 11) is 0. The monoisotopic (exact) mass is 353 g/mol. The Morgan fingerprint density at radius 3 is 1.86 bits per heavy atom. The van der Waals surface area contributed by atoms with Gasteiger partial charge in [0.25, 0.3) is 5.91 Å². The molecule has 1 amide bonds. The van der Waals surface area contributed by atoms with Gasteiger partial charge in [0.05, 0.1) is 10.5 Å². The van der Waals surface area contributed by atoms with Crippen LogP contribution in [0.25, 0.3) is 6.08 Å². The summed E-state index contributed by atoms with van der Waals surface area (Å²) in [6.07, 6.45) is 0.623. The van der Waals surface area contributed by atoms with Crippen molar-refractivity contribution in [3.8, 4) is 0 Å². The number of halogens is 5. The van der Waals surface area contributed by atoms with Crippen LogP contribution in [-0.4, -0.2) is 21.2 Å². The summed E-state index contributed by atoms with van der Waals surface area (Å²) in [4.78, 5) is 13.0. The maximum absolute atomic E-state index is 13.6. The van der Waals surface area contributed by atoms with Crippen molar-refractivity contribution in [3.05, 3.63) is 39.6 Å². The molecule has 0 radical (unpaired) electrons. The van der Waals surface area contributed by atoms with E-state index in [1.54, 1.807) is 13.8 Å². The van der Waals surface area contributed by atoms with Gasteiger partial charge in [-0.2, -0.15) is 0 Å². The topological polar surface area (TPSA) is 20.3 Å². The maximum atomic E-state index is 13.6. The first-order valence-corrected chi connectivity index (χ1v) is 7.17. The highest BCUT2D eigenvalue weighted by Gasteiger charge is 2.35. The second kappa shape index (κ2) is 5.96. The third kappa shape index (κ3) is 2.63. The summed E-state index contributed by atoms with van der Waals surface area (Å²) in [5.41, 5.74) is -1.17. The van der Waals surface area contributed by atoms with E-state index >= 15 is 0 Å². The molecule has 0 aliphatic carbocycles. The number of nitrogens with zero attached hydrogens (tertiary/aromatic N) is 1. The Kier molecular flexibility index (Phi) is 4.57. The van der Waals surface area contributed by atoms with Gasteiger partial charge in [0.1, 0.15) is 4.32 Å².